The number of hydrogen-bond acceptors (Lipinski definition) is 2. The summed E-state index contributed by atoms with van der Waals surface area (Å²) in [5, 5.41) is 8.13. The number of urea groups is 1. The Morgan fingerprint density at radius 1 is 1.00 bits per heavy atom. The maximum Gasteiger partial charge on any atom is 0.319 e. The van der Waals surface area contributed by atoms with Crippen LogP contribution in [0.25, 0.3) is 10.8 Å². The number of nitrogens with zero attached hydrogens (tertiary/aromatic N) is 1. The van der Waals surface area contributed by atoms with E-state index in [4.69, 9.17) is 0 Å². The van der Waals surface area contributed by atoms with E-state index in [1.165, 1.54) is 5.56 Å². The molecule has 0 atom stereocenters. The van der Waals surface area contributed by atoms with Crippen LogP contribution in [0, 0.1) is 0 Å². The van der Waals surface area contributed by atoms with Gasteiger partial charge in [-0.05, 0) is 46.0 Å². The molecule has 0 spiro atoms. The van der Waals surface area contributed by atoms with Crippen LogP contribution in [-0.2, 0) is 24.3 Å². The van der Waals surface area contributed by atoms with Crippen LogP contribution in [0.15, 0.2) is 60.7 Å². The second-order valence-electron chi connectivity index (χ2n) is 7.12. The lowest BCUT2D eigenvalue weighted by Crippen LogP contribution is -2.34. The van der Waals surface area contributed by atoms with Crippen LogP contribution in [0.4, 0.5) is 10.5 Å². The maximum atomic E-state index is 12.4. The molecule has 1 heterocycles. The highest BCUT2D eigenvalue weighted by Gasteiger charge is 2.18. The zero-order valence-corrected chi connectivity index (χ0v) is 15.9. The molecule has 0 radical (unpaired) electrons. The summed E-state index contributed by atoms with van der Waals surface area (Å²) >= 11 is 0. The van der Waals surface area contributed by atoms with Gasteiger partial charge in [0.05, 0.1) is 0 Å². The normalized spacial score (nSPS) is 13.1. The average Bonchev–Trinajstić information content (AvgIpc) is 2.71. The van der Waals surface area contributed by atoms with Crippen molar-refractivity contribution < 1.29 is 9.59 Å². The standard InChI is InChI=1S/C23H23N3O2/c1-16(27)26-12-11-17-9-10-21(13-20(17)15-26)25-23(28)24-14-19-7-4-6-18-5-2-3-8-22(18)19/h2-10,13H,11-12,14-15H2,1H3,(H2,24,25,28). The fraction of sp³-hybridized carbons (Fsp3) is 0.217. The van der Waals surface area contributed by atoms with Crippen molar-refractivity contribution in [1.82, 2.24) is 10.2 Å². The minimum absolute atomic E-state index is 0.0804. The highest BCUT2D eigenvalue weighted by molar-refractivity contribution is 5.90. The van der Waals surface area contributed by atoms with Gasteiger partial charge in [0.15, 0.2) is 0 Å². The number of fused-ring (bicyclic) bond motifs is 2. The highest BCUT2D eigenvalue weighted by atomic mass is 16.2. The minimum atomic E-state index is -0.243. The average molecular weight is 373 g/mol. The summed E-state index contributed by atoms with van der Waals surface area (Å²) in [4.78, 5) is 25.8. The van der Waals surface area contributed by atoms with Gasteiger partial charge >= 0.3 is 6.03 Å². The topological polar surface area (TPSA) is 61.4 Å². The fourth-order valence-electron chi connectivity index (χ4n) is 3.70. The van der Waals surface area contributed by atoms with Gasteiger partial charge in [-0.2, -0.15) is 0 Å². The lowest BCUT2D eigenvalue weighted by atomic mass is 9.99. The number of anilines is 1. The summed E-state index contributed by atoms with van der Waals surface area (Å²) < 4.78 is 0. The van der Waals surface area contributed by atoms with Gasteiger partial charge in [-0.25, -0.2) is 4.79 Å². The summed E-state index contributed by atoms with van der Waals surface area (Å²) in [6.07, 6.45) is 0.850. The van der Waals surface area contributed by atoms with E-state index in [1.807, 2.05) is 47.4 Å². The van der Waals surface area contributed by atoms with Crippen LogP contribution >= 0.6 is 0 Å². The molecule has 0 unspecified atom stereocenters. The summed E-state index contributed by atoms with van der Waals surface area (Å²) in [7, 11) is 0. The van der Waals surface area contributed by atoms with Crippen LogP contribution in [0.5, 0.6) is 0 Å². The van der Waals surface area contributed by atoms with E-state index in [0.29, 0.717) is 13.1 Å². The van der Waals surface area contributed by atoms with E-state index < -0.39 is 0 Å². The van der Waals surface area contributed by atoms with Crippen LogP contribution < -0.4 is 10.6 Å². The summed E-state index contributed by atoms with van der Waals surface area (Å²) in [6, 6.07) is 19.9. The van der Waals surface area contributed by atoms with Gasteiger partial charge in [0.2, 0.25) is 5.91 Å². The van der Waals surface area contributed by atoms with Crippen LogP contribution in [0.2, 0.25) is 0 Å². The minimum Gasteiger partial charge on any atom is -0.338 e. The van der Waals surface area contributed by atoms with Crippen molar-refractivity contribution in [3.05, 3.63) is 77.4 Å². The molecule has 3 aromatic rings. The SMILES string of the molecule is CC(=O)N1CCc2ccc(NC(=O)NCc3cccc4ccccc34)cc2C1. The number of carbonyl (C=O) groups excluding carboxylic acids is 2. The first-order valence-corrected chi connectivity index (χ1v) is 9.49. The second kappa shape index (κ2) is 7.72. The monoisotopic (exact) mass is 373 g/mol. The van der Waals surface area contributed by atoms with Crippen molar-refractivity contribution in [1.29, 1.82) is 0 Å². The predicted molar refractivity (Wildman–Crippen MR) is 111 cm³/mol. The zero-order valence-electron chi connectivity index (χ0n) is 15.9. The Bertz CT molecular complexity index is 1040. The van der Waals surface area contributed by atoms with Gasteiger partial charge in [0, 0.05) is 32.2 Å². The Balaban J connectivity index is 1.41. The van der Waals surface area contributed by atoms with E-state index in [-0.39, 0.29) is 11.9 Å². The van der Waals surface area contributed by atoms with E-state index in [1.54, 1.807) is 6.92 Å². The quantitative estimate of drug-likeness (QED) is 0.727. The molecule has 3 amide bonds. The smallest absolute Gasteiger partial charge is 0.319 e. The van der Waals surface area contributed by atoms with Gasteiger partial charge < -0.3 is 15.5 Å². The number of benzene rings is 3. The lowest BCUT2D eigenvalue weighted by Gasteiger charge is -2.28. The molecule has 0 aromatic heterocycles. The van der Waals surface area contributed by atoms with E-state index in [2.05, 4.69) is 28.8 Å². The predicted octanol–water partition coefficient (Wildman–Crippen LogP) is 4.07. The third-order valence-corrected chi connectivity index (χ3v) is 5.24. The van der Waals surface area contributed by atoms with E-state index >= 15 is 0 Å². The molecular weight excluding hydrogens is 350 g/mol. The molecule has 0 saturated heterocycles. The first-order valence-electron chi connectivity index (χ1n) is 9.49. The summed E-state index contributed by atoms with van der Waals surface area (Å²) in [5.74, 6) is 0.0804. The number of rotatable bonds is 3. The molecule has 1 aliphatic rings. The molecule has 3 aromatic carbocycles. The molecule has 4 rings (SSSR count). The molecule has 0 bridgehead atoms. The summed E-state index contributed by atoms with van der Waals surface area (Å²) in [5.41, 5.74) is 4.14. The van der Waals surface area contributed by atoms with E-state index in [9.17, 15) is 9.59 Å². The van der Waals surface area contributed by atoms with E-state index in [0.717, 1.165) is 40.6 Å². The molecule has 142 valence electrons. The lowest BCUT2D eigenvalue weighted by molar-refractivity contribution is -0.129. The van der Waals surface area contributed by atoms with Gasteiger partial charge in [-0.1, -0.05) is 48.5 Å². The first-order chi connectivity index (χ1) is 13.6. The van der Waals surface area contributed by atoms with Crippen LogP contribution in [0.1, 0.15) is 23.6 Å². The van der Waals surface area contributed by atoms with Crippen molar-refractivity contribution >= 4 is 28.4 Å². The zero-order chi connectivity index (χ0) is 19.5. The van der Waals surface area contributed by atoms with Gasteiger partial charge in [-0.3, -0.25) is 4.79 Å². The molecule has 28 heavy (non-hydrogen) atoms. The Morgan fingerprint density at radius 2 is 1.82 bits per heavy atom. The van der Waals surface area contributed by atoms with Crippen LogP contribution in [-0.4, -0.2) is 23.4 Å². The molecule has 5 nitrogen and oxygen atoms in total. The molecule has 1 aliphatic heterocycles. The number of amides is 3. The molecule has 0 aliphatic carbocycles. The van der Waals surface area contributed by atoms with Crippen molar-refractivity contribution in [3.63, 3.8) is 0 Å². The van der Waals surface area contributed by atoms with Crippen molar-refractivity contribution in [2.24, 2.45) is 0 Å². The van der Waals surface area contributed by atoms with Crippen molar-refractivity contribution in [3.8, 4) is 0 Å². The number of nitrogens with one attached hydrogen (secondary N) is 2. The molecule has 5 heteroatoms. The summed E-state index contributed by atoms with van der Waals surface area (Å²) in [6.45, 7) is 3.39. The third kappa shape index (κ3) is 3.83. The molecule has 0 fully saturated rings. The Hall–Kier alpha value is -3.34. The second-order valence-corrected chi connectivity index (χ2v) is 7.12. The number of carbonyl (C=O) groups is 2. The molecule has 2 N–H and O–H groups in total. The van der Waals surface area contributed by atoms with Crippen molar-refractivity contribution in [2.45, 2.75) is 26.4 Å². The van der Waals surface area contributed by atoms with Crippen molar-refractivity contribution in [2.75, 3.05) is 11.9 Å². The number of hydrogen-bond donors (Lipinski definition) is 2. The van der Waals surface area contributed by atoms with Gasteiger partial charge in [0.25, 0.3) is 0 Å². The first kappa shape index (κ1) is 18.0. The van der Waals surface area contributed by atoms with Gasteiger partial charge in [-0.15, -0.1) is 0 Å². The Morgan fingerprint density at radius 3 is 2.68 bits per heavy atom. The third-order valence-electron chi connectivity index (χ3n) is 5.24. The highest BCUT2D eigenvalue weighted by Crippen LogP contribution is 2.23. The fourth-order valence-corrected chi connectivity index (χ4v) is 3.70. The largest absolute Gasteiger partial charge is 0.338 e. The Kier molecular flexibility index (Phi) is 4.98. The molecule has 0 saturated carbocycles. The van der Waals surface area contributed by atoms with Crippen LogP contribution in [0.3, 0.4) is 0 Å². The Labute approximate surface area is 164 Å². The molecular formula is C23H23N3O2. The maximum absolute atomic E-state index is 12.4. The van der Waals surface area contributed by atoms with Gasteiger partial charge in [0.1, 0.15) is 0 Å².